The van der Waals surface area contributed by atoms with Crippen LogP contribution in [0, 0.1) is 17.8 Å². The predicted octanol–water partition coefficient (Wildman–Crippen LogP) is 6.85. The molecule has 8 rings (SSSR count). The molecular formula is C42H42N2O7. The van der Waals surface area contributed by atoms with E-state index in [1.54, 1.807) is 19.2 Å². The third kappa shape index (κ3) is 5.40. The number of rotatable bonds is 5. The van der Waals surface area contributed by atoms with E-state index in [-0.39, 0.29) is 35.4 Å². The molecule has 4 atom stereocenters. The quantitative estimate of drug-likeness (QED) is 0.152. The van der Waals surface area contributed by atoms with Gasteiger partial charge in [0.1, 0.15) is 41.5 Å². The number of hydrogen-bond acceptors (Lipinski definition) is 9. The Morgan fingerprint density at radius 2 is 1.88 bits per heavy atom. The summed E-state index contributed by atoms with van der Waals surface area (Å²) in [5.74, 6) is 8.70. The van der Waals surface area contributed by atoms with Gasteiger partial charge in [0.25, 0.3) is 0 Å². The molecule has 3 aromatic carbocycles. The van der Waals surface area contributed by atoms with Gasteiger partial charge in [0.2, 0.25) is 0 Å². The van der Waals surface area contributed by atoms with Crippen molar-refractivity contribution in [2.24, 2.45) is 5.92 Å². The molecule has 51 heavy (non-hydrogen) atoms. The lowest BCUT2D eigenvalue weighted by Gasteiger charge is -2.39. The Morgan fingerprint density at radius 3 is 2.65 bits per heavy atom. The van der Waals surface area contributed by atoms with Crippen LogP contribution >= 0.6 is 0 Å². The fraction of sp³-hybridized carbons (Fsp3) is 0.381. The monoisotopic (exact) mass is 686 g/mol. The number of benzene rings is 3. The number of aromatic nitrogens is 1. The van der Waals surface area contributed by atoms with Gasteiger partial charge in [-0.1, -0.05) is 25.0 Å². The van der Waals surface area contributed by atoms with Gasteiger partial charge in [-0.3, -0.25) is 4.79 Å². The normalized spacial score (nSPS) is 22.2. The highest BCUT2D eigenvalue weighted by Crippen LogP contribution is 2.62. The summed E-state index contributed by atoms with van der Waals surface area (Å²) in [6.45, 7) is 3.61. The third-order valence-electron chi connectivity index (χ3n) is 11.4. The van der Waals surface area contributed by atoms with Gasteiger partial charge in [-0.2, -0.15) is 0 Å². The molecule has 0 amide bonds. The molecule has 1 fully saturated rings. The third-order valence-corrected chi connectivity index (χ3v) is 11.4. The number of nitrogen functional groups attached to an aromatic ring is 1. The van der Waals surface area contributed by atoms with E-state index < -0.39 is 6.10 Å². The minimum absolute atomic E-state index is 0.000956. The van der Waals surface area contributed by atoms with Gasteiger partial charge >= 0.3 is 5.97 Å². The largest absolute Gasteiger partial charge is 0.508 e. The van der Waals surface area contributed by atoms with Gasteiger partial charge in [0, 0.05) is 47.1 Å². The van der Waals surface area contributed by atoms with E-state index in [4.69, 9.17) is 29.7 Å². The topological polar surface area (TPSA) is 133 Å². The van der Waals surface area contributed by atoms with Crippen molar-refractivity contribution in [1.29, 1.82) is 0 Å². The van der Waals surface area contributed by atoms with Crippen molar-refractivity contribution < 1.29 is 34.0 Å². The minimum atomic E-state index is -0.562. The molecule has 4 aliphatic rings. The van der Waals surface area contributed by atoms with E-state index in [1.165, 1.54) is 14.0 Å². The Balaban J connectivity index is 1.40. The number of methoxy groups -OCH3 is 2. The second-order valence-electron chi connectivity index (χ2n) is 14.4. The van der Waals surface area contributed by atoms with Gasteiger partial charge in [-0.05, 0) is 102 Å². The molecule has 4 N–H and O–H groups in total. The number of carbonyl (C=O) groups excluding carboxylic acids is 1. The summed E-state index contributed by atoms with van der Waals surface area (Å²) in [5.41, 5.74) is 15.6. The van der Waals surface area contributed by atoms with E-state index in [0.717, 1.165) is 87.9 Å². The lowest BCUT2D eigenvalue weighted by molar-refractivity contribution is -0.141. The SMILES string of the molecule is CCc1cc2c(nc1N)C#CCc1cc(O)c(OC)cc1C1Oc3c(ccc4c3C3(CCC(C2)C3)Cc2cc(O)cc(OC)c2-4)C1COC(C)=O. The molecule has 1 aromatic heterocycles. The molecule has 2 aliphatic carbocycles. The molecule has 0 saturated heterocycles. The van der Waals surface area contributed by atoms with Crippen LogP contribution in [0.5, 0.6) is 28.7 Å². The van der Waals surface area contributed by atoms with Crippen LogP contribution in [0.3, 0.4) is 0 Å². The first-order valence-corrected chi connectivity index (χ1v) is 17.7. The minimum Gasteiger partial charge on any atom is -0.508 e. The number of pyridine rings is 1. The Hall–Kier alpha value is -5.36. The Bertz CT molecular complexity index is 2170. The van der Waals surface area contributed by atoms with Crippen LogP contribution in [0.1, 0.15) is 89.8 Å². The standard InChI is InChI=1S/C42H42N2O7/c1-5-24-14-26-13-23-11-12-42(19-23)20-27-15-28(46)17-36(49-4)37(27)30-10-9-29-32(21-50-22(2)45)39(51-40(29)38(30)42)31-18-35(48-3)34(47)16-25(31)7-6-8-33(26)44-41(24)43/h9-10,14-18,23,32,39,46-47H,5,7,11-13,19-21H2,1-4H3,(H2,43,44). The highest BCUT2D eigenvalue weighted by Gasteiger charge is 2.51. The molecule has 4 unspecified atom stereocenters. The number of aryl methyl sites for hydroxylation is 1. The number of nitrogens with zero attached hydrogens (tertiary/aromatic N) is 1. The van der Waals surface area contributed by atoms with Crippen molar-refractivity contribution in [3.8, 4) is 51.7 Å². The number of anilines is 1. The van der Waals surface area contributed by atoms with Crippen LogP contribution < -0.4 is 19.9 Å². The first kappa shape index (κ1) is 32.8. The number of phenols is 2. The number of esters is 1. The fourth-order valence-electron chi connectivity index (χ4n) is 9.21. The second-order valence-corrected chi connectivity index (χ2v) is 14.4. The van der Waals surface area contributed by atoms with Crippen LogP contribution in [-0.4, -0.2) is 42.0 Å². The molecular weight excluding hydrogens is 644 g/mol. The molecule has 9 heteroatoms. The van der Waals surface area contributed by atoms with E-state index in [9.17, 15) is 15.0 Å². The number of phenolic OH excluding ortho intramolecular Hbond substituents is 2. The van der Waals surface area contributed by atoms with Crippen LogP contribution in [0.2, 0.25) is 0 Å². The van der Waals surface area contributed by atoms with Crippen molar-refractivity contribution in [2.45, 2.75) is 76.2 Å². The van der Waals surface area contributed by atoms with Crippen molar-refractivity contribution in [3.63, 3.8) is 0 Å². The lowest BCUT2D eigenvalue weighted by Crippen LogP contribution is -2.31. The summed E-state index contributed by atoms with van der Waals surface area (Å²) in [5, 5.41) is 21.8. The summed E-state index contributed by atoms with van der Waals surface area (Å²) >= 11 is 0. The molecule has 9 nitrogen and oxygen atoms in total. The first-order chi connectivity index (χ1) is 24.6. The first-order valence-electron chi connectivity index (χ1n) is 17.7. The summed E-state index contributed by atoms with van der Waals surface area (Å²) in [7, 11) is 3.15. The highest BCUT2D eigenvalue weighted by atomic mass is 16.5. The average Bonchev–Trinajstić information content (AvgIpc) is 3.68. The maximum Gasteiger partial charge on any atom is 0.302 e. The summed E-state index contributed by atoms with van der Waals surface area (Å²) in [4.78, 5) is 17.0. The van der Waals surface area contributed by atoms with E-state index in [1.807, 2.05) is 12.1 Å². The van der Waals surface area contributed by atoms with Gasteiger partial charge in [-0.25, -0.2) is 4.98 Å². The molecule has 4 aromatic rings. The van der Waals surface area contributed by atoms with E-state index in [2.05, 4.69) is 37.0 Å². The molecule has 4 bridgehead atoms. The second kappa shape index (κ2) is 12.4. The molecule has 262 valence electrons. The Kier molecular flexibility index (Phi) is 8.01. The molecule has 0 radical (unpaired) electrons. The van der Waals surface area contributed by atoms with Gasteiger partial charge in [-0.15, -0.1) is 0 Å². The zero-order chi connectivity index (χ0) is 35.6. The fourth-order valence-corrected chi connectivity index (χ4v) is 9.21. The predicted molar refractivity (Wildman–Crippen MR) is 193 cm³/mol. The molecule has 2 aliphatic heterocycles. The zero-order valence-electron chi connectivity index (χ0n) is 29.4. The number of nitrogens with two attached hydrogens (primary N) is 1. The van der Waals surface area contributed by atoms with Gasteiger partial charge in [0.05, 0.1) is 20.1 Å². The average molecular weight is 687 g/mol. The van der Waals surface area contributed by atoms with Crippen LogP contribution in [0.4, 0.5) is 5.82 Å². The zero-order valence-corrected chi connectivity index (χ0v) is 29.4. The smallest absolute Gasteiger partial charge is 0.302 e. The van der Waals surface area contributed by atoms with Crippen LogP contribution in [-0.2, 0) is 40.6 Å². The highest BCUT2D eigenvalue weighted by molar-refractivity contribution is 5.84. The molecule has 1 saturated carbocycles. The van der Waals surface area contributed by atoms with E-state index in [0.29, 0.717) is 41.8 Å². The van der Waals surface area contributed by atoms with E-state index >= 15 is 0 Å². The van der Waals surface area contributed by atoms with Crippen molar-refractivity contribution in [2.75, 3.05) is 26.6 Å². The van der Waals surface area contributed by atoms with Crippen LogP contribution in [0.25, 0.3) is 11.1 Å². The van der Waals surface area contributed by atoms with Crippen LogP contribution in [0.15, 0.2) is 42.5 Å². The number of ether oxygens (including phenoxy) is 4. The van der Waals surface area contributed by atoms with Crippen molar-refractivity contribution in [3.05, 3.63) is 87.1 Å². The van der Waals surface area contributed by atoms with Gasteiger partial charge in [0.15, 0.2) is 11.5 Å². The number of carbonyl (C=O) groups is 1. The Morgan fingerprint density at radius 1 is 1.06 bits per heavy atom. The maximum atomic E-state index is 12.2. The van der Waals surface area contributed by atoms with Crippen molar-refractivity contribution in [1.82, 2.24) is 4.98 Å². The lowest BCUT2D eigenvalue weighted by atomic mass is 9.65. The summed E-state index contributed by atoms with van der Waals surface area (Å²) < 4.78 is 24.4. The molecule has 1 spiro atoms. The number of fused-ring (bicyclic) bond motifs is 7. The molecule has 3 heterocycles. The number of aromatic hydroxyl groups is 2. The van der Waals surface area contributed by atoms with Crippen molar-refractivity contribution >= 4 is 11.8 Å². The maximum absolute atomic E-state index is 12.2. The Labute approximate surface area is 297 Å². The summed E-state index contributed by atoms with van der Waals surface area (Å²) in [6.07, 6.45) is 4.84. The number of hydrogen-bond donors (Lipinski definition) is 3. The van der Waals surface area contributed by atoms with Gasteiger partial charge < -0.3 is 34.9 Å². The summed E-state index contributed by atoms with van der Waals surface area (Å²) in [6, 6.07) is 13.5.